The lowest BCUT2D eigenvalue weighted by Gasteiger charge is -2.08. The van der Waals surface area contributed by atoms with Gasteiger partial charge in [-0.3, -0.25) is 4.98 Å². The molecule has 1 aromatic rings. The molecule has 0 aliphatic heterocycles. The average molecular weight is 188 g/mol. The Morgan fingerprint density at radius 1 is 1.43 bits per heavy atom. The first-order valence-electron chi connectivity index (χ1n) is 4.90. The molecule has 0 spiro atoms. The fraction of sp³-hybridized carbons (Fsp3) is 0.455. The summed E-state index contributed by atoms with van der Waals surface area (Å²) in [4.78, 5) is 4.17. The summed E-state index contributed by atoms with van der Waals surface area (Å²) >= 11 is 0. The second kappa shape index (κ2) is 3.67. The molecule has 0 saturated heterocycles. The molecule has 0 atom stereocenters. The van der Waals surface area contributed by atoms with Crippen molar-refractivity contribution in [2.24, 2.45) is 0 Å². The maximum atomic E-state index is 9.29. The highest BCUT2D eigenvalue weighted by molar-refractivity contribution is 5.41. The molecule has 1 N–H and O–H groups in total. The number of hydrogen-bond acceptors (Lipinski definition) is 3. The highest BCUT2D eigenvalue weighted by Crippen LogP contribution is 2.34. The van der Waals surface area contributed by atoms with Crippen LogP contribution in [0.25, 0.3) is 0 Å². The lowest BCUT2D eigenvalue weighted by molar-refractivity contribution is 0.469. The summed E-state index contributed by atoms with van der Waals surface area (Å²) in [6.07, 6.45) is 6.18. The molecule has 1 fully saturated rings. The van der Waals surface area contributed by atoms with Crippen molar-refractivity contribution in [2.75, 3.05) is 0 Å². The van der Waals surface area contributed by atoms with Crippen molar-refractivity contribution in [2.45, 2.75) is 31.6 Å². The van der Waals surface area contributed by atoms with Crippen molar-refractivity contribution in [3.8, 4) is 11.8 Å². The van der Waals surface area contributed by atoms with Crippen LogP contribution >= 0.6 is 0 Å². The number of rotatable bonds is 1. The topological polar surface area (TPSA) is 56.9 Å². The third-order valence-corrected chi connectivity index (χ3v) is 2.80. The van der Waals surface area contributed by atoms with E-state index in [0.717, 1.165) is 18.5 Å². The Hall–Kier alpha value is -1.56. The van der Waals surface area contributed by atoms with Crippen molar-refractivity contribution in [3.63, 3.8) is 0 Å². The Balaban J connectivity index is 2.31. The third kappa shape index (κ3) is 1.56. The number of nitrogens with zero attached hydrogens (tertiary/aromatic N) is 2. The lowest BCUT2D eigenvalue weighted by Crippen LogP contribution is -1.96. The monoisotopic (exact) mass is 188 g/mol. The molecule has 14 heavy (non-hydrogen) atoms. The summed E-state index contributed by atoms with van der Waals surface area (Å²) in [5, 5.41) is 18.0. The Bertz CT molecular complexity index is 375. The first-order valence-corrected chi connectivity index (χ1v) is 4.90. The molecule has 3 nitrogen and oxygen atoms in total. The Morgan fingerprint density at radius 3 is 2.79 bits per heavy atom. The summed E-state index contributed by atoms with van der Waals surface area (Å²) in [6.45, 7) is 0. The van der Waals surface area contributed by atoms with Gasteiger partial charge in [0.2, 0.25) is 0 Å². The molecule has 0 amide bonds. The maximum absolute atomic E-state index is 9.29. The van der Waals surface area contributed by atoms with Crippen molar-refractivity contribution in [1.29, 1.82) is 5.26 Å². The van der Waals surface area contributed by atoms with Gasteiger partial charge < -0.3 is 5.11 Å². The number of hydrogen-bond donors (Lipinski definition) is 1. The van der Waals surface area contributed by atoms with E-state index in [4.69, 9.17) is 5.26 Å². The molecule has 1 heterocycles. The van der Waals surface area contributed by atoms with Crippen molar-refractivity contribution >= 4 is 0 Å². The summed E-state index contributed by atoms with van der Waals surface area (Å²) in [7, 11) is 0. The number of pyridine rings is 1. The second-order valence-electron chi connectivity index (χ2n) is 3.72. The van der Waals surface area contributed by atoms with Gasteiger partial charge in [-0.1, -0.05) is 12.8 Å². The number of aromatic hydroxyl groups is 1. The van der Waals surface area contributed by atoms with E-state index < -0.39 is 0 Å². The van der Waals surface area contributed by atoms with Gasteiger partial charge in [0.25, 0.3) is 0 Å². The second-order valence-corrected chi connectivity index (χ2v) is 3.72. The molecule has 1 saturated carbocycles. The molecule has 2 rings (SSSR count). The van der Waals surface area contributed by atoms with Crippen LogP contribution in [0.4, 0.5) is 0 Å². The van der Waals surface area contributed by atoms with E-state index in [1.54, 1.807) is 6.07 Å². The molecule has 3 heteroatoms. The Labute approximate surface area is 83.0 Å². The normalized spacial score (nSPS) is 16.8. The smallest absolute Gasteiger partial charge is 0.151 e. The van der Waals surface area contributed by atoms with Crippen molar-refractivity contribution in [1.82, 2.24) is 4.98 Å². The minimum Gasteiger partial charge on any atom is -0.505 e. The predicted octanol–water partition coefficient (Wildman–Crippen LogP) is 2.32. The zero-order chi connectivity index (χ0) is 9.97. The fourth-order valence-corrected chi connectivity index (χ4v) is 2.00. The van der Waals surface area contributed by atoms with Gasteiger partial charge in [0.05, 0.1) is 11.8 Å². The van der Waals surface area contributed by atoms with E-state index in [1.807, 2.05) is 6.07 Å². The van der Waals surface area contributed by atoms with E-state index in [-0.39, 0.29) is 5.75 Å². The van der Waals surface area contributed by atoms with Gasteiger partial charge in [0.15, 0.2) is 5.75 Å². The number of nitriles is 1. The first kappa shape index (κ1) is 9.01. The first-order chi connectivity index (χ1) is 6.81. The molecule has 1 aromatic heterocycles. The van der Waals surface area contributed by atoms with Crippen molar-refractivity contribution < 1.29 is 5.11 Å². The quantitative estimate of drug-likeness (QED) is 0.735. The van der Waals surface area contributed by atoms with Gasteiger partial charge in [-0.15, -0.1) is 0 Å². The predicted molar refractivity (Wildman–Crippen MR) is 51.8 cm³/mol. The summed E-state index contributed by atoms with van der Waals surface area (Å²) in [5.41, 5.74) is 1.29. The van der Waals surface area contributed by atoms with Gasteiger partial charge in [0, 0.05) is 11.6 Å². The Kier molecular flexibility index (Phi) is 2.36. The minimum absolute atomic E-state index is 0.0192. The van der Waals surface area contributed by atoms with Crippen LogP contribution in [0, 0.1) is 11.3 Å². The van der Waals surface area contributed by atoms with Crippen LogP contribution in [0.2, 0.25) is 0 Å². The number of aromatic nitrogens is 1. The molecule has 1 aliphatic rings. The van der Waals surface area contributed by atoms with Gasteiger partial charge in [-0.05, 0) is 18.9 Å². The highest BCUT2D eigenvalue weighted by atomic mass is 16.3. The molecular formula is C11H12N2O. The molecule has 0 radical (unpaired) electrons. The molecule has 0 unspecified atom stereocenters. The van der Waals surface area contributed by atoms with Gasteiger partial charge in [0.1, 0.15) is 6.07 Å². The molecular weight excluding hydrogens is 176 g/mol. The van der Waals surface area contributed by atoms with Gasteiger partial charge >= 0.3 is 0 Å². The third-order valence-electron chi connectivity index (χ3n) is 2.80. The van der Waals surface area contributed by atoms with Crippen LogP contribution in [0.5, 0.6) is 5.75 Å². The summed E-state index contributed by atoms with van der Waals surface area (Å²) in [6, 6.07) is 3.68. The summed E-state index contributed by atoms with van der Waals surface area (Å²) in [5.74, 6) is 0.469. The van der Waals surface area contributed by atoms with E-state index >= 15 is 0 Å². The largest absolute Gasteiger partial charge is 0.505 e. The zero-order valence-corrected chi connectivity index (χ0v) is 7.90. The summed E-state index contributed by atoms with van der Waals surface area (Å²) < 4.78 is 0. The lowest BCUT2D eigenvalue weighted by atomic mass is 10.0. The zero-order valence-electron chi connectivity index (χ0n) is 7.90. The molecule has 72 valence electrons. The minimum atomic E-state index is -0.0192. The average Bonchev–Trinajstić information content (AvgIpc) is 2.71. The van der Waals surface area contributed by atoms with E-state index in [1.165, 1.54) is 19.0 Å². The highest BCUT2D eigenvalue weighted by Gasteiger charge is 2.19. The van der Waals surface area contributed by atoms with Gasteiger partial charge in [-0.2, -0.15) is 5.26 Å². The van der Waals surface area contributed by atoms with Crippen molar-refractivity contribution in [3.05, 3.63) is 23.5 Å². The maximum Gasteiger partial charge on any atom is 0.151 e. The SMILES string of the molecule is N#Cc1cc(C2CCCC2)ncc1O. The van der Waals surface area contributed by atoms with Crippen LogP contribution in [0.1, 0.15) is 42.9 Å². The van der Waals surface area contributed by atoms with Crippen LogP contribution in [-0.2, 0) is 0 Å². The van der Waals surface area contributed by atoms with E-state index in [2.05, 4.69) is 4.98 Å². The van der Waals surface area contributed by atoms with Crippen LogP contribution in [0.15, 0.2) is 12.3 Å². The van der Waals surface area contributed by atoms with Crippen LogP contribution in [0.3, 0.4) is 0 Å². The Morgan fingerprint density at radius 2 is 2.14 bits per heavy atom. The fourth-order valence-electron chi connectivity index (χ4n) is 2.00. The molecule has 0 aromatic carbocycles. The van der Waals surface area contributed by atoms with E-state index in [9.17, 15) is 5.11 Å². The van der Waals surface area contributed by atoms with E-state index in [0.29, 0.717) is 11.5 Å². The molecule has 1 aliphatic carbocycles. The standard InChI is InChI=1S/C11H12N2O/c12-6-9-5-10(13-7-11(9)14)8-3-1-2-4-8/h5,7-8,14H,1-4H2. The molecule has 0 bridgehead atoms. The van der Waals surface area contributed by atoms with Crippen LogP contribution in [-0.4, -0.2) is 10.1 Å². The van der Waals surface area contributed by atoms with Crippen LogP contribution < -0.4 is 0 Å². The van der Waals surface area contributed by atoms with Gasteiger partial charge in [-0.25, -0.2) is 0 Å².